The first-order chi connectivity index (χ1) is 15.0. The summed E-state index contributed by atoms with van der Waals surface area (Å²) < 4.78 is 72.2. The molecule has 0 unspecified atom stereocenters. The number of hydrogen-bond donors (Lipinski definition) is 2. The summed E-state index contributed by atoms with van der Waals surface area (Å²) in [5, 5.41) is -0.105. The maximum atomic E-state index is 14.0. The first kappa shape index (κ1) is 21.7. The molecule has 3 heterocycles. The molecule has 0 saturated carbocycles. The molecule has 32 heavy (non-hydrogen) atoms. The Bertz CT molecular complexity index is 1360. The van der Waals surface area contributed by atoms with Crippen LogP contribution in [0.15, 0.2) is 34.0 Å². The molecule has 2 N–H and O–H groups in total. The van der Waals surface area contributed by atoms with Gasteiger partial charge in [-0.2, -0.15) is 13.2 Å². The fourth-order valence-electron chi connectivity index (χ4n) is 3.71. The minimum absolute atomic E-state index is 0.0491. The van der Waals surface area contributed by atoms with Crippen molar-refractivity contribution in [2.45, 2.75) is 18.8 Å². The van der Waals surface area contributed by atoms with Crippen molar-refractivity contribution >= 4 is 16.7 Å². The Hall–Kier alpha value is -3.54. The summed E-state index contributed by atoms with van der Waals surface area (Å²) in [6, 6.07) is 1.05. The van der Waals surface area contributed by atoms with Crippen LogP contribution in [0.3, 0.4) is 0 Å². The van der Waals surface area contributed by atoms with E-state index in [1.165, 1.54) is 7.05 Å². The summed E-state index contributed by atoms with van der Waals surface area (Å²) in [5.41, 5.74) is -3.57. The molecule has 0 spiro atoms. The smallest absolute Gasteiger partial charge is 0.373 e. The number of nitrogens with one attached hydrogen (secondary N) is 2. The molecule has 7 nitrogen and oxygen atoms in total. The number of benzene rings is 1. The van der Waals surface area contributed by atoms with Crippen LogP contribution in [-0.2, 0) is 17.5 Å². The number of carbonyl (C=O) groups is 1. The van der Waals surface area contributed by atoms with Crippen LogP contribution in [-0.4, -0.2) is 34.4 Å². The Kier molecular flexibility index (Phi) is 5.12. The van der Waals surface area contributed by atoms with Crippen molar-refractivity contribution in [1.29, 1.82) is 0 Å². The van der Waals surface area contributed by atoms with E-state index in [0.717, 1.165) is 23.2 Å². The lowest BCUT2D eigenvalue weighted by atomic mass is 9.95. The monoisotopic (exact) mass is 455 g/mol. The van der Waals surface area contributed by atoms with Crippen LogP contribution in [0.2, 0.25) is 0 Å². The second kappa shape index (κ2) is 7.55. The molecule has 0 aliphatic carbocycles. The molecule has 1 atom stereocenters. The zero-order chi connectivity index (χ0) is 23.4. The van der Waals surface area contributed by atoms with Crippen LogP contribution < -0.4 is 11.1 Å². The van der Waals surface area contributed by atoms with Crippen molar-refractivity contribution in [1.82, 2.24) is 14.9 Å². The molecule has 1 aliphatic rings. The van der Waals surface area contributed by atoms with Crippen molar-refractivity contribution < 1.29 is 31.5 Å². The number of nitrogens with zero attached hydrogens (tertiary/aromatic N) is 1. The fourth-order valence-corrected chi connectivity index (χ4v) is 3.71. The third-order valence-electron chi connectivity index (χ3n) is 5.28. The van der Waals surface area contributed by atoms with Gasteiger partial charge in [0.2, 0.25) is 0 Å². The number of amides is 1. The van der Waals surface area contributed by atoms with Gasteiger partial charge in [-0.1, -0.05) is 0 Å². The van der Waals surface area contributed by atoms with Gasteiger partial charge < -0.3 is 19.6 Å². The Morgan fingerprint density at radius 1 is 1.09 bits per heavy atom. The van der Waals surface area contributed by atoms with Gasteiger partial charge in [0.25, 0.3) is 17.0 Å². The van der Waals surface area contributed by atoms with Gasteiger partial charge in [0, 0.05) is 24.5 Å². The van der Waals surface area contributed by atoms with Gasteiger partial charge in [-0.15, -0.1) is 0 Å². The first-order valence-electron chi connectivity index (χ1n) is 9.17. The van der Waals surface area contributed by atoms with Crippen LogP contribution in [0.4, 0.5) is 22.0 Å². The van der Waals surface area contributed by atoms with Gasteiger partial charge in [0.15, 0.2) is 11.6 Å². The molecular formula is C20H14F5N3O4. The van der Waals surface area contributed by atoms with E-state index in [2.05, 4.69) is 4.98 Å². The molecule has 1 aromatic carbocycles. The number of carbonyl (C=O) groups excluding carboxylic acids is 1. The number of H-pyrrole nitrogens is 2. The number of alkyl halides is 3. The van der Waals surface area contributed by atoms with Gasteiger partial charge in [-0.3, -0.25) is 14.4 Å². The van der Waals surface area contributed by atoms with E-state index in [0.29, 0.717) is 6.07 Å². The highest BCUT2D eigenvalue weighted by molar-refractivity contribution is 5.95. The van der Waals surface area contributed by atoms with E-state index < -0.39 is 52.0 Å². The van der Waals surface area contributed by atoms with Crippen molar-refractivity contribution in [2.75, 3.05) is 13.7 Å². The number of fused-ring (bicyclic) bond motifs is 3. The summed E-state index contributed by atoms with van der Waals surface area (Å²) in [5.74, 6) is -3.33. The Labute approximate surface area is 175 Å². The standard InChI is InChI=1S/C20H14F5N3O4/c1-28(19(31)8-2-11(20(23,24)25)18(30)26-5-8)15-7-32-6-14-16(15)9-3-12(21)13(22)4-10(9)17(29)27-14/h2-5,15H,6-7H2,1H3,(H,26,30)(H,27,29)/t15-/m1/s1. The van der Waals surface area contributed by atoms with E-state index in [9.17, 15) is 36.3 Å². The predicted octanol–water partition coefficient (Wildman–Crippen LogP) is 2.86. The highest BCUT2D eigenvalue weighted by Gasteiger charge is 2.36. The molecule has 12 heteroatoms. The lowest BCUT2D eigenvalue weighted by Crippen LogP contribution is -2.38. The maximum Gasteiger partial charge on any atom is 0.421 e. The van der Waals surface area contributed by atoms with Crippen molar-refractivity contribution in [3.05, 3.63) is 79.1 Å². The SMILES string of the molecule is CN(C(=O)c1c[nH]c(=O)c(C(F)(F)F)c1)[C@@H]1COCc2[nH]c(=O)c3cc(F)c(F)cc3c21. The molecule has 1 amide bonds. The Balaban J connectivity index is 1.82. The number of pyridine rings is 2. The van der Waals surface area contributed by atoms with Gasteiger partial charge in [-0.05, 0) is 23.6 Å². The van der Waals surface area contributed by atoms with Crippen LogP contribution in [0.25, 0.3) is 10.8 Å². The van der Waals surface area contributed by atoms with Crippen LogP contribution in [0.1, 0.15) is 33.2 Å². The van der Waals surface area contributed by atoms with Crippen LogP contribution in [0.5, 0.6) is 0 Å². The number of aromatic amines is 2. The van der Waals surface area contributed by atoms with Gasteiger partial charge in [-0.25, -0.2) is 8.78 Å². The molecular weight excluding hydrogens is 441 g/mol. The number of ether oxygens (including phenoxy) is 1. The summed E-state index contributed by atoms with van der Waals surface area (Å²) in [7, 11) is 1.28. The second-order valence-electron chi connectivity index (χ2n) is 7.23. The molecule has 3 aromatic rings. The fraction of sp³-hybridized carbons (Fsp3) is 0.250. The number of hydrogen-bond acceptors (Lipinski definition) is 4. The largest absolute Gasteiger partial charge is 0.421 e. The average molecular weight is 455 g/mol. The van der Waals surface area contributed by atoms with Crippen molar-refractivity contribution in [2.24, 2.45) is 0 Å². The molecule has 2 aromatic heterocycles. The highest BCUT2D eigenvalue weighted by atomic mass is 19.4. The second-order valence-corrected chi connectivity index (χ2v) is 7.23. The predicted molar refractivity (Wildman–Crippen MR) is 101 cm³/mol. The molecule has 0 bridgehead atoms. The van der Waals surface area contributed by atoms with Gasteiger partial charge in [0.1, 0.15) is 5.56 Å². The number of likely N-dealkylation sites (N-methyl/N-ethyl adjacent to an activating group) is 1. The number of halogens is 5. The minimum Gasteiger partial charge on any atom is -0.373 e. The maximum absolute atomic E-state index is 14.0. The Morgan fingerprint density at radius 3 is 2.41 bits per heavy atom. The summed E-state index contributed by atoms with van der Waals surface area (Å²) in [6.45, 7) is -0.195. The molecule has 1 aliphatic heterocycles. The zero-order valence-electron chi connectivity index (χ0n) is 16.3. The molecule has 0 saturated heterocycles. The van der Waals surface area contributed by atoms with E-state index in [1.807, 2.05) is 4.98 Å². The topological polar surface area (TPSA) is 95.3 Å². The number of aromatic nitrogens is 2. The van der Waals surface area contributed by atoms with E-state index in [1.54, 1.807) is 0 Å². The quantitative estimate of drug-likeness (QED) is 0.581. The van der Waals surface area contributed by atoms with E-state index in [-0.39, 0.29) is 35.2 Å². The summed E-state index contributed by atoms with van der Waals surface area (Å²) >= 11 is 0. The zero-order valence-corrected chi connectivity index (χ0v) is 16.3. The number of rotatable bonds is 2. The molecule has 0 fully saturated rings. The normalized spacial score (nSPS) is 16.1. The van der Waals surface area contributed by atoms with Gasteiger partial charge in [0.05, 0.1) is 30.2 Å². The van der Waals surface area contributed by atoms with Crippen LogP contribution >= 0.6 is 0 Å². The lowest BCUT2D eigenvalue weighted by Gasteiger charge is -2.34. The first-order valence-corrected chi connectivity index (χ1v) is 9.17. The van der Waals surface area contributed by atoms with Crippen molar-refractivity contribution in [3.8, 4) is 0 Å². The third-order valence-corrected chi connectivity index (χ3v) is 5.28. The highest BCUT2D eigenvalue weighted by Crippen LogP contribution is 2.34. The van der Waals surface area contributed by atoms with Gasteiger partial charge >= 0.3 is 6.18 Å². The minimum atomic E-state index is -4.97. The molecule has 4 rings (SSSR count). The van der Waals surface area contributed by atoms with E-state index in [4.69, 9.17) is 4.74 Å². The average Bonchev–Trinajstić information content (AvgIpc) is 2.73. The summed E-state index contributed by atoms with van der Waals surface area (Å²) in [6.07, 6.45) is -4.12. The Morgan fingerprint density at radius 2 is 1.75 bits per heavy atom. The molecule has 0 radical (unpaired) electrons. The summed E-state index contributed by atoms with van der Waals surface area (Å²) in [4.78, 5) is 42.2. The van der Waals surface area contributed by atoms with Crippen molar-refractivity contribution in [3.63, 3.8) is 0 Å². The van der Waals surface area contributed by atoms with E-state index >= 15 is 0 Å². The van der Waals surface area contributed by atoms with Crippen LogP contribution in [0, 0.1) is 11.6 Å². The lowest BCUT2D eigenvalue weighted by molar-refractivity contribution is -0.138. The molecule has 168 valence electrons. The third kappa shape index (κ3) is 3.55.